The Balaban J connectivity index is 1.74. The Morgan fingerprint density at radius 1 is 1.19 bits per heavy atom. The molecule has 21 heavy (non-hydrogen) atoms. The lowest BCUT2D eigenvalue weighted by Crippen LogP contribution is -2.42. The Morgan fingerprint density at radius 2 is 1.86 bits per heavy atom. The van der Waals surface area contributed by atoms with Gasteiger partial charge in [0.1, 0.15) is 13.2 Å². The number of hydrogen-bond acceptors (Lipinski definition) is 5. The highest BCUT2D eigenvalue weighted by Crippen LogP contribution is 2.35. The van der Waals surface area contributed by atoms with Gasteiger partial charge in [-0.15, -0.1) is 0 Å². The fourth-order valence-corrected chi connectivity index (χ4v) is 3.28. The minimum absolute atomic E-state index is 0.214. The van der Waals surface area contributed by atoms with Crippen molar-refractivity contribution in [2.24, 2.45) is 0 Å². The van der Waals surface area contributed by atoms with Crippen LogP contribution in [0.1, 0.15) is 31.2 Å². The molecule has 0 saturated heterocycles. The van der Waals surface area contributed by atoms with E-state index < -0.39 is 0 Å². The van der Waals surface area contributed by atoms with Crippen molar-refractivity contribution in [1.29, 1.82) is 0 Å². The third-order valence-corrected chi connectivity index (χ3v) is 4.48. The molecule has 3 rings (SSSR count). The normalized spacial score (nSPS) is 25.1. The van der Waals surface area contributed by atoms with Crippen LogP contribution >= 0.6 is 0 Å². The summed E-state index contributed by atoms with van der Waals surface area (Å²) >= 11 is 0. The molecule has 5 heteroatoms. The third-order valence-electron chi connectivity index (χ3n) is 4.48. The molecule has 5 nitrogen and oxygen atoms in total. The summed E-state index contributed by atoms with van der Waals surface area (Å²) in [6.45, 7) is 1.86. The molecular formula is C16H24N2O3. The van der Waals surface area contributed by atoms with E-state index in [4.69, 9.17) is 15.2 Å². The number of nitrogens with two attached hydrogens (primary N) is 1. The predicted molar refractivity (Wildman–Crippen MR) is 81.6 cm³/mol. The highest BCUT2D eigenvalue weighted by Gasteiger charge is 2.27. The molecule has 3 N–H and O–H groups in total. The smallest absolute Gasteiger partial charge is 0.163 e. The first-order valence-corrected chi connectivity index (χ1v) is 7.71. The van der Waals surface area contributed by atoms with Crippen LogP contribution < -0.4 is 15.2 Å². The first-order valence-electron chi connectivity index (χ1n) is 7.71. The van der Waals surface area contributed by atoms with Crippen molar-refractivity contribution in [2.45, 2.75) is 44.4 Å². The maximum absolute atomic E-state index is 10.2. The summed E-state index contributed by atoms with van der Waals surface area (Å²) in [6, 6.07) is 4.02. The first-order chi connectivity index (χ1) is 10.1. The number of rotatable bonds is 3. The fraction of sp³-hybridized carbons (Fsp3) is 0.625. The maximum Gasteiger partial charge on any atom is 0.163 e. The van der Waals surface area contributed by atoms with Gasteiger partial charge in [-0.1, -0.05) is 12.8 Å². The number of likely N-dealkylation sites (N-methyl/N-ethyl adjacent to an activating group) is 1. The second kappa shape index (κ2) is 6.12. The molecule has 1 aliphatic carbocycles. The summed E-state index contributed by atoms with van der Waals surface area (Å²) in [5.41, 5.74) is 7.88. The van der Waals surface area contributed by atoms with Crippen LogP contribution in [-0.4, -0.2) is 42.4 Å². The number of hydrogen-bond donors (Lipinski definition) is 2. The number of anilines is 1. The summed E-state index contributed by atoms with van der Waals surface area (Å²) in [4.78, 5) is 2.20. The summed E-state index contributed by atoms with van der Waals surface area (Å²) < 4.78 is 11.2. The van der Waals surface area contributed by atoms with Gasteiger partial charge in [0.15, 0.2) is 11.5 Å². The van der Waals surface area contributed by atoms with Crippen LogP contribution in [0.5, 0.6) is 11.5 Å². The van der Waals surface area contributed by atoms with Crippen LogP contribution in [0.2, 0.25) is 0 Å². The van der Waals surface area contributed by atoms with Gasteiger partial charge in [0.2, 0.25) is 0 Å². The number of nitrogens with zero attached hydrogens (tertiary/aromatic N) is 1. The van der Waals surface area contributed by atoms with E-state index in [0.717, 1.165) is 42.0 Å². The van der Waals surface area contributed by atoms with Gasteiger partial charge >= 0.3 is 0 Å². The zero-order chi connectivity index (χ0) is 14.8. The number of ether oxygens (including phenoxy) is 2. The average Bonchev–Trinajstić information content (AvgIpc) is 2.48. The molecule has 1 saturated carbocycles. The van der Waals surface area contributed by atoms with E-state index in [-0.39, 0.29) is 12.1 Å². The molecule has 0 radical (unpaired) electrons. The topological polar surface area (TPSA) is 68.0 Å². The van der Waals surface area contributed by atoms with Gasteiger partial charge in [-0.25, -0.2) is 0 Å². The van der Waals surface area contributed by atoms with Gasteiger partial charge in [-0.2, -0.15) is 0 Å². The molecule has 1 fully saturated rings. The number of aliphatic hydroxyl groups is 1. The summed E-state index contributed by atoms with van der Waals surface area (Å²) in [5.74, 6) is 1.49. The van der Waals surface area contributed by atoms with E-state index >= 15 is 0 Å². The van der Waals surface area contributed by atoms with Gasteiger partial charge < -0.3 is 20.3 Å². The van der Waals surface area contributed by atoms with Crippen LogP contribution in [0.15, 0.2) is 12.1 Å². The van der Waals surface area contributed by atoms with Crippen molar-refractivity contribution < 1.29 is 14.6 Å². The van der Waals surface area contributed by atoms with Crippen molar-refractivity contribution in [1.82, 2.24) is 4.90 Å². The number of benzene rings is 1. The molecule has 1 aromatic rings. The molecule has 0 amide bonds. The zero-order valence-electron chi connectivity index (χ0n) is 12.5. The minimum atomic E-state index is -0.234. The molecule has 2 unspecified atom stereocenters. The van der Waals surface area contributed by atoms with Crippen molar-refractivity contribution in [2.75, 3.05) is 26.0 Å². The molecule has 0 aromatic heterocycles. The quantitative estimate of drug-likeness (QED) is 0.831. The maximum atomic E-state index is 10.2. The molecule has 1 heterocycles. The SMILES string of the molecule is CN(Cc1cc2c(cc1N)OCCO2)C1CCCCC1O. The van der Waals surface area contributed by atoms with Crippen LogP contribution in [0, 0.1) is 0 Å². The molecule has 0 bridgehead atoms. The Hall–Kier alpha value is -1.46. The molecule has 1 aliphatic heterocycles. The van der Waals surface area contributed by atoms with Crippen LogP contribution in [0.3, 0.4) is 0 Å². The number of fused-ring (bicyclic) bond motifs is 1. The molecule has 116 valence electrons. The van der Waals surface area contributed by atoms with E-state index in [0.29, 0.717) is 19.8 Å². The second-order valence-corrected chi connectivity index (χ2v) is 6.03. The zero-order valence-corrected chi connectivity index (χ0v) is 12.5. The molecule has 2 aliphatic rings. The van der Waals surface area contributed by atoms with Gasteiger partial charge in [-0.3, -0.25) is 4.90 Å². The second-order valence-electron chi connectivity index (χ2n) is 6.03. The highest BCUT2D eigenvalue weighted by molar-refractivity contribution is 5.58. The number of nitrogen functional groups attached to an aromatic ring is 1. The minimum Gasteiger partial charge on any atom is -0.486 e. The average molecular weight is 292 g/mol. The Kier molecular flexibility index (Phi) is 4.22. The van der Waals surface area contributed by atoms with Crippen molar-refractivity contribution in [3.63, 3.8) is 0 Å². The Bertz CT molecular complexity index is 507. The monoisotopic (exact) mass is 292 g/mol. The highest BCUT2D eigenvalue weighted by atomic mass is 16.6. The van der Waals surface area contributed by atoms with Gasteiger partial charge in [0, 0.05) is 24.3 Å². The largest absolute Gasteiger partial charge is 0.486 e. The first kappa shape index (κ1) is 14.5. The predicted octanol–water partition coefficient (Wildman–Crippen LogP) is 1.78. The lowest BCUT2D eigenvalue weighted by molar-refractivity contribution is 0.0288. The molecular weight excluding hydrogens is 268 g/mol. The van der Waals surface area contributed by atoms with Gasteiger partial charge in [-0.05, 0) is 31.5 Å². The summed E-state index contributed by atoms with van der Waals surface area (Å²) in [7, 11) is 2.05. The lowest BCUT2D eigenvalue weighted by atomic mass is 9.91. The van der Waals surface area contributed by atoms with Crippen LogP contribution in [0.25, 0.3) is 0 Å². The lowest BCUT2D eigenvalue weighted by Gasteiger charge is -2.35. The number of aliphatic hydroxyl groups excluding tert-OH is 1. The molecule has 0 spiro atoms. The fourth-order valence-electron chi connectivity index (χ4n) is 3.28. The van der Waals surface area contributed by atoms with E-state index in [9.17, 15) is 5.11 Å². The van der Waals surface area contributed by atoms with Gasteiger partial charge in [0.05, 0.1) is 6.10 Å². The molecule has 2 atom stereocenters. The van der Waals surface area contributed by atoms with Crippen molar-refractivity contribution in [3.05, 3.63) is 17.7 Å². The molecule has 1 aromatic carbocycles. The summed E-state index contributed by atoms with van der Waals surface area (Å²) in [5, 5.41) is 10.2. The van der Waals surface area contributed by atoms with Crippen LogP contribution in [-0.2, 0) is 6.54 Å². The van der Waals surface area contributed by atoms with E-state index in [1.807, 2.05) is 12.1 Å². The van der Waals surface area contributed by atoms with E-state index in [2.05, 4.69) is 11.9 Å². The van der Waals surface area contributed by atoms with Gasteiger partial charge in [0.25, 0.3) is 0 Å². The van der Waals surface area contributed by atoms with Crippen LogP contribution in [0.4, 0.5) is 5.69 Å². The standard InChI is InChI=1S/C16H24N2O3/c1-18(13-4-2-3-5-14(13)19)10-11-8-15-16(9-12(11)17)21-7-6-20-15/h8-9,13-14,19H,2-7,10,17H2,1H3. The Morgan fingerprint density at radius 3 is 2.57 bits per heavy atom. The van der Waals surface area contributed by atoms with Crippen molar-refractivity contribution in [3.8, 4) is 11.5 Å². The van der Waals surface area contributed by atoms with E-state index in [1.54, 1.807) is 0 Å². The third kappa shape index (κ3) is 3.09. The summed E-state index contributed by atoms with van der Waals surface area (Å²) in [6.07, 6.45) is 4.01. The van der Waals surface area contributed by atoms with E-state index in [1.165, 1.54) is 6.42 Å². The Labute approximate surface area is 125 Å². The van der Waals surface area contributed by atoms with Crippen molar-refractivity contribution >= 4 is 5.69 Å².